The number of nitrogens with two attached hydrogens (primary N) is 1. The number of aromatic nitrogens is 1. The maximum absolute atomic E-state index is 13.5. The summed E-state index contributed by atoms with van der Waals surface area (Å²) in [4.78, 5) is 4.92. The first-order valence-corrected chi connectivity index (χ1v) is 6.22. The van der Waals surface area contributed by atoms with Crippen molar-refractivity contribution in [3.05, 3.63) is 35.8 Å². The van der Waals surface area contributed by atoms with Gasteiger partial charge in [-0.05, 0) is 6.07 Å². The normalized spacial score (nSPS) is 10.5. The molecule has 1 heterocycles. The van der Waals surface area contributed by atoms with Crippen molar-refractivity contribution in [2.24, 2.45) is 0 Å². The molecule has 0 fully saturated rings. The number of thiazole rings is 1. The van der Waals surface area contributed by atoms with Crippen molar-refractivity contribution in [3.63, 3.8) is 0 Å². The molecule has 2 rings (SSSR count). The topological polar surface area (TPSA) is 38.9 Å². The zero-order chi connectivity index (χ0) is 10.8. The van der Waals surface area contributed by atoms with Crippen LogP contribution in [0.25, 0.3) is 10.4 Å². The van der Waals surface area contributed by atoms with Gasteiger partial charge in [0.2, 0.25) is 0 Å². The molecular formula is C10H8BrFN2S. The minimum absolute atomic E-state index is 0.247. The van der Waals surface area contributed by atoms with Gasteiger partial charge in [0.15, 0.2) is 5.13 Å². The molecule has 2 nitrogen and oxygen atoms in total. The summed E-state index contributed by atoms with van der Waals surface area (Å²) in [7, 11) is 0. The van der Waals surface area contributed by atoms with E-state index >= 15 is 0 Å². The summed E-state index contributed by atoms with van der Waals surface area (Å²) in [6.45, 7) is 0. The fourth-order valence-corrected chi connectivity index (χ4v) is 2.78. The predicted molar refractivity (Wildman–Crippen MR) is 64.6 cm³/mol. The molecule has 1 aromatic heterocycles. The highest BCUT2D eigenvalue weighted by molar-refractivity contribution is 9.08. The highest BCUT2D eigenvalue weighted by Crippen LogP contribution is 2.34. The Balaban J connectivity index is 2.58. The van der Waals surface area contributed by atoms with E-state index in [1.165, 1.54) is 17.4 Å². The van der Waals surface area contributed by atoms with Crippen LogP contribution in [-0.4, -0.2) is 4.98 Å². The number of rotatable bonds is 2. The fourth-order valence-electron chi connectivity index (χ4n) is 1.32. The van der Waals surface area contributed by atoms with Crippen molar-refractivity contribution in [3.8, 4) is 10.4 Å². The summed E-state index contributed by atoms with van der Waals surface area (Å²) in [5.74, 6) is -0.247. The molecule has 0 aliphatic rings. The highest BCUT2D eigenvalue weighted by Gasteiger charge is 2.13. The predicted octanol–water partition coefficient (Wildman–Crippen LogP) is 3.43. The fraction of sp³-hybridized carbons (Fsp3) is 0.100. The molecule has 0 bridgehead atoms. The number of benzene rings is 1. The molecule has 5 heteroatoms. The number of nitrogens with zero attached hydrogens (tertiary/aromatic N) is 1. The van der Waals surface area contributed by atoms with Gasteiger partial charge in [-0.15, -0.1) is 0 Å². The van der Waals surface area contributed by atoms with E-state index in [1.807, 2.05) is 0 Å². The highest BCUT2D eigenvalue weighted by atomic mass is 79.9. The van der Waals surface area contributed by atoms with Crippen LogP contribution in [0.1, 0.15) is 5.69 Å². The van der Waals surface area contributed by atoms with Crippen molar-refractivity contribution < 1.29 is 4.39 Å². The molecule has 2 N–H and O–H groups in total. The Labute approximate surface area is 99.1 Å². The second-order valence-electron chi connectivity index (χ2n) is 2.94. The third-order valence-corrected chi connectivity index (χ3v) is 3.45. The summed E-state index contributed by atoms with van der Waals surface area (Å²) in [6, 6.07) is 6.63. The number of nitrogen functional groups attached to an aromatic ring is 1. The van der Waals surface area contributed by atoms with Gasteiger partial charge in [-0.2, -0.15) is 0 Å². The zero-order valence-corrected chi connectivity index (χ0v) is 10.1. The Kier molecular flexibility index (Phi) is 3.02. The molecule has 0 saturated carbocycles. The van der Waals surface area contributed by atoms with E-state index in [2.05, 4.69) is 20.9 Å². The quantitative estimate of drug-likeness (QED) is 0.859. The van der Waals surface area contributed by atoms with Crippen LogP contribution in [0.15, 0.2) is 24.3 Å². The standard InChI is InChI=1S/C10H8BrFN2S/c11-5-8-9(15-10(13)14-8)6-3-1-2-4-7(6)12/h1-4H,5H2,(H2,13,14). The van der Waals surface area contributed by atoms with E-state index < -0.39 is 0 Å². The summed E-state index contributed by atoms with van der Waals surface area (Å²) >= 11 is 4.61. The third kappa shape index (κ3) is 2.03. The number of hydrogen-bond acceptors (Lipinski definition) is 3. The smallest absolute Gasteiger partial charge is 0.180 e. The molecule has 0 unspecified atom stereocenters. The van der Waals surface area contributed by atoms with Crippen LogP contribution in [-0.2, 0) is 5.33 Å². The molecule has 0 spiro atoms. The van der Waals surface area contributed by atoms with Crippen LogP contribution in [0.4, 0.5) is 9.52 Å². The lowest BCUT2D eigenvalue weighted by Crippen LogP contribution is -1.86. The molecule has 15 heavy (non-hydrogen) atoms. The van der Waals surface area contributed by atoms with Crippen LogP contribution in [0.2, 0.25) is 0 Å². The molecular weight excluding hydrogens is 279 g/mol. The molecule has 78 valence electrons. The van der Waals surface area contributed by atoms with E-state index in [4.69, 9.17) is 5.73 Å². The number of halogens is 2. The summed E-state index contributed by atoms with van der Waals surface area (Å²) in [6.07, 6.45) is 0. The maximum atomic E-state index is 13.5. The second-order valence-corrected chi connectivity index (χ2v) is 4.53. The summed E-state index contributed by atoms with van der Waals surface area (Å²) in [5, 5.41) is 1.03. The first kappa shape index (κ1) is 10.6. The van der Waals surface area contributed by atoms with Gasteiger partial charge in [0.25, 0.3) is 0 Å². The second kappa shape index (κ2) is 4.28. The average Bonchev–Trinajstić information content (AvgIpc) is 2.60. The third-order valence-electron chi connectivity index (χ3n) is 1.96. The Morgan fingerprint density at radius 2 is 2.13 bits per heavy atom. The van der Waals surface area contributed by atoms with Crippen LogP contribution < -0.4 is 5.73 Å². The number of alkyl halides is 1. The molecule has 0 aliphatic carbocycles. The molecule has 1 aromatic carbocycles. The van der Waals surface area contributed by atoms with E-state index in [9.17, 15) is 4.39 Å². The van der Waals surface area contributed by atoms with Gasteiger partial charge in [0.05, 0.1) is 10.6 Å². The van der Waals surface area contributed by atoms with Crippen molar-refractivity contribution in [1.29, 1.82) is 0 Å². The summed E-state index contributed by atoms with van der Waals surface area (Å²) < 4.78 is 13.5. The lowest BCUT2D eigenvalue weighted by Gasteiger charge is -2.00. The van der Waals surface area contributed by atoms with E-state index in [1.54, 1.807) is 18.2 Å². The first-order valence-electron chi connectivity index (χ1n) is 4.28. The van der Waals surface area contributed by atoms with E-state index in [0.717, 1.165) is 10.6 Å². The Hall–Kier alpha value is -0.940. The minimum Gasteiger partial charge on any atom is -0.375 e. The Bertz CT molecular complexity index is 484. The average molecular weight is 287 g/mol. The summed E-state index contributed by atoms with van der Waals surface area (Å²) in [5.41, 5.74) is 6.94. The van der Waals surface area contributed by atoms with Gasteiger partial charge in [-0.3, -0.25) is 0 Å². The maximum Gasteiger partial charge on any atom is 0.180 e. The van der Waals surface area contributed by atoms with Gasteiger partial charge in [0, 0.05) is 10.9 Å². The minimum atomic E-state index is -0.247. The number of hydrogen-bond donors (Lipinski definition) is 1. The number of anilines is 1. The lowest BCUT2D eigenvalue weighted by molar-refractivity contribution is 0.631. The monoisotopic (exact) mass is 286 g/mol. The van der Waals surface area contributed by atoms with Crippen molar-refractivity contribution in [2.75, 3.05) is 5.73 Å². The lowest BCUT2D eigenvalue weighted by atomic mass is 10.1. The Morgan fingerprint density at radius 1 is 1.40 bits per heavy atom. The van der Waals surface area contributed by atoms with Gasteiger partial charge >= 0.3 is 0 Å². The molecule has 0 atom stereocenters. The largest absolute Gasteiger partial charge is 0.375 e. The molecule has 0 aliphatic heterocycles. The van der Waals surface area contributed by atoms with Crippen LogP contribution in [0.5, 0.6) is 0 Å². The Morgan fingerprint density at radius 3 is 2.80 bits per heavy atom. The van der Waals surface area contributed by atoms with Crippen molar-refractivity contribution in [1.82, 2.24) is 4.98 Å². The SMILES string of the molecule is Nc1nc(CBr)c(-c2ccccc2F)s1. The van der Waals surface area contributed by atoms with Crippen LogP contribution in [0.3, 0.4) is 0 Å². The zero-order valence-electron chi connectivity index (χ0n) is 7.71. The van der Waals surface area contributed by atoms with Crippen molar-refractivity contribution >= 4 is 32.4 Å². The molecule has 0 amide bonds. The molecule has 2 aromatic rings. The van der Waals surface area contributed by atoms with Gasteiger partial charge < -0.3 is 5.73 Å². The molecule has 0 radical (unpaired) electrons. The van der Waals surface area contributed by atoms with Crippen LogP contribution in [0, 0.1) is 5.82 Å². The van der Waals surface area contributed by atoms with Crippen molar-refractivity contribution in [2.45, 2.75) is 5.33 Å². The van der Waals surface area contributed by atoms with E-state index in [-0.39, 0.29) is 5.82 Å². The molecule has 0 saturated heterocycles. The first-order chi connectivity index (χ1) is 7.22. The van der Waals surface area contributed by atoms with Gasteiger partial charge in [-0.25, -0.2) is 9.37 Å². The van der Waals surface area contributed by atoms with E-state index in [0.29, 0.717) is 16.0 Å². The van der Waals surface area contributed by atoms with Gasteiger partial charge in [0.1, 0.15) is 5.82 Å². The van der Waals surface area contributed by atoms with Crippen LogP contribution >= 0.6 is 27.3 Å². The van der Waals surface area contributed by atoms with Gasteiger partial charge in [-0.1, -0.05) is 45.5 Å².